The summed E-state index contributed by atoms with van der Waals surface area (Å²) in [6.45, 7) is 0.213. The maximum absolute atomic E-state index is 13.5. The van der Waals surface area contributed by atoms with Crippen molar-refractivity contribution in [3.8, 4) is 0 Å². The third-order valence-electron chi connectivity index (χ3n) is 2.86. The predicted octanol–water partition coefficient (Wildman–Crippen LogP) is 2.55. The Morgan fingerprint density at radius 3 is 2.74 bits per heavy atom. The highest BCUT2D eigenvalue weighted by Gasteiger charge is 2.21. The smallest absolute Gasteiger partial charge is 0.244 e. The monoisotopic (exact) mass is 278 g/mol. The lowest BCUT2D eigenvalue weighted by atomic mass is 10.1. The van der Waals surface area contributed by atoms with Crippen molar-refractivity contribution in [1.29, 1.82) is 0 Å². The number of likely N-dealkylation sites (N-methyl/N-ethyl adjacent to an activating group) is 1. The van der Waals surface area contributed by atoms with Gasteiger partial charge in [-0.25, -0.2) is 4.39 Å². The number of halogens is 1. The number of amides is 1. The van der Waals surface area contributed by atoms with E-state index in [1.807, 2.05) is 17.5 Å². The highest BCUT2D eigenvalue weighted by molar-refractivity contribution is 7.10. The number of hydrogen-bond donors (Lipinski definition) is 1. The number of benzene rings is 1. The molecule has 5 heteroatoms. The molecule has 1 aromatic carbocycles. The zero-order valence-electron chi connectivity index (χ0n) is 10.5. The van der Waals surface area contributed by atoms with Gasteiger partial charge in [-0.1, -0.05) is 24.3 Å². The molecule has 19 heavy (non-hydrogen) atoms. The molecule has 2 rings (SSSR count). The average Bonchev–Trinajstić information content (AvgIpc) is 2.93. The van der Waals surface area contributed by atoms with Crippen LogP contribution in [0.3, 0.4) is 0 Å². The van der Waals surface area contributed by atoms with Crippen molar-refractivity contribution in [3.05, 3.63) is 58.0 Å². The lowest BCUT2D eigenvalue weighted by molar-refractivity contribution is -0.131. The molecule has 2 N–H and O–H groups in total. The van der Waals surface area contributed by atoms with E-state index in [2.05, 4.69) is 0 Å². The number of hydrogen-bond acceptors (Lipinski definition) is 3. The first-order chi connectivity index (χ1) is 9.09. The SMILES string of the molecule is CN(Cc1ccccc1F)C(=O)C(N)c1cccs1. The first kappa shape index (κ1) is 13.7. The molecule has 0 radical (unpaired) electrons. The standard InChI is InChI=1S/C14H15FN2OS/c1-17(9-10-5-2-3-6-11(10)15)14(18)13(16)12-7-4-8-19-12/h2-8,13H,9,16H2,1H3. The molecular weight excluding hydrogens is 263 g/mol. The average molecular weight is 278 g/mol. The van der Waals surface area contributed by atoms with Gasteiger partial charge in [0.05, 0.1) is 0 Å². The van der Waals surface area contributed by atoms with Crippen LogP contribution in [0.2, 0.25) is 0 Å². The molecule has 0 aliphatic heterocycles. The molecule has 0 aliphatic rings. The number of nitrogens with two attached hydrogens (primary N) is 1. The minimum Gasteiger partial charge on any atom is -0.340 e. The molecule has 1 unspecified atom stereocenters. The van der Waals surface area contributed by atoms with E-state index in [4.69, 9.17) is 5.73 Å². The Labute approximate surface area is 115 Å². The lowest BCUT2D eigenvalue weighted by Crippen LogP contribution is -2.35. The zero-order valence-corrected chi connectivity index (χ0v) is 11.4. The van der Waals surface area contributed by atoms with Crippen molar-refractivity contribution in [2.75, 3.05) is 7.05 Å². The third kappa shape index (κ3) is 3.19. The van der Waals surface area contributed by atoms with Crippen molar-refractivity contribution in [3.63, 3.8) is 0 Å². The Hall–Kier alpha value is -1.72. The van der Waals surface area contributed by atoms with E-state index < -0.39 is 6.04 Å². The van der Waals surface area contributed by atoms with Crippen LogP contribution in [0.4, 0.5) is 4.39 Å². The zero-order chi connectivity index (χ0) is 13.8. The second-order valence-electron chi connectivity index (χ2n) is 4.28. The molecule has 2 aromatic rings. The van der Waals surface area contributed by atoms with Gasteiger partial charge in [0, 0.05) is 24.0 Å². The Morgan fingerprint density at radius 1 is 1.37 bits per heavy atom. The summed E-state index contributed by atoms with van der Waals surface area (Å²) in [6.07, 6.45) is 0. The Kier molecular flexibility index (Phi) is 4.29. The Bertz CT molecular complexity index is 556. The summed E-state index contributed by atoms with van der Waals surface area (Å²) in [5.74, 6) is -0.530. The van der Waals surface area contributed by atoms with Gasteiger partial charge >= 0.3 is 0 Å². The van der Waals surface area contributed by atoms with Crippen LogP contribution in [0.1, 0.15) is 16.5 Å². The van der Waals surface area contributed by atoms with Gasteiger partial charge in [0.15, 0.2) is 0 Å². The van der Waals surface area contributed by atoms with Crippen LogP contribution in [0, 0.1) is 5.82 Å². The van der Waals surface area contributed by atoms with Gasteiger partial charge in [0.2, 0.25) is 5.91 Å². The topological polar surface area (TPSA) is 46.3 Å². The summed E-state index contributed by atoms with van der Waals surface area (Å²) < 4.78 is 13.5. The number of carbonyl (C=O) groups excluding carboxylic acids is 1. The summed E-state index contributed by atoms with van der Waals surface area (Å²) >= 11 is 1.44. The maximum Gasteiger partial charge on any atom is 0.244 e. The van der Waals surface area contributed by atoms with Crippen LogP contribution in [-0.4, -0.2) is 17.9 Å². The van der Waals surface area contributed by atoms with Crippen LogP contribution >= 0.6 is 11.3 Å². The van der Waals surface area contributed by atoms with Crippen molar-refractivity contribution >= 4 is 17.2 Å². The van der Waals surface area contributed by atoms with E-state index in [1.165, 1.54) is 22.3 Å². The van der Waals surface area contributed by atoms with E-state index in [-0.39, 0.29) is 18.3 Å². The maximum atomic E-state index is 13.5. The van der Waals surface area contributed by atoms with Crippen LogP contribution < -0.4 is 5.73 Å². The molecule has 1 amide bonds. The van der Waals surface area contributed by atoms with Crippen LogP contribution in [0.25, 0.3) is 0 Å². The van der Waals surface area contributed by atoms with E-state index in [9.17, 15) is 9.18 Å². The minimum absolute atomic E-state index is 0.213. The molecule has 1 heterocycles. The molecule has 100 valence electrons. The summed E-state index contributed by atoms with van der Waals surface area (Å²) in [5, 5.41) is 1.87. The highest BCUT2D eigenvalue weighted by Crippen LogP contribution is 2.19. The number of nitrogens with zero attached hydrogens (tertiary/aromatic N) is 1. The van der Waals surface area contributed by atoms with Crippen LogP contribution in [0.5, 0.6) is 0 Å². The third-order valence-corrected chi connectivity index (χ3v) is 3.81. The summed E-state index contributed by atoms with van der Waals surface area (Å²) in [4.78, 5) is 14.4. The first-order valence-corrected chi connectivity index (χ1v) is 6.75. The summed E-state index contributed by atoms with van der Waals surface area (Å²) in [5.41, 5.74) is 6.38. The van der Waals surface area contributed by atoms with Gasteiger partial charge in [-0.3, -0.25) is 4.79 Å². The molecule has 1 aromatic heterocycles. The van der Waals surface area contributed by atoms with Gasteiger partial charge in [-0.05, 0) is 17.5 Å². The van der Waals surface area contributed by atoms with E-state index in [0.29, 0.717) is 5.56 Å². The van der Waals surface area contributed by atoms with Gasteiger partial charge < -0.3 is 10.6 Å². The molecule has 0 saturated heterocycles. The minimum atomic E-state index is -0.684. The van der Waals surface area contributed by atoms with Crippen molar-refractivity contribution in [1.82, 2.24) is 4.90 Å². The number of carbonyl (C=O) groups is 1. The quantitative estimate of drug-likeness (QED) is 0.934. The van der Waals surface area contributed by atoms with Crippen molar-refractivity contribution in [2.24, 2.45) is 5.73 Å². The van der Waals surface area contributed by atoms with Gasteiger partial charge in [0.25, 0.3) is 0 Å². The van der Waals surface area contributed by atoms with Crippen molar-refractivity contribution in [2.45, 2.75) is 12.6 Å². The van der Waals surface area contributed by atoms with Crippen LogP contribution in [-0.2, 0) is 11.3 Å². The van der Waals surface area contributed by atoms with Gasteiger partial charge in [0.1, 0.15) is 11.9 Å². The van der Waals surface area contributed by atoms with E-state index in [1.54, 1.807) is 25.2 Å². The van der Waals surface area contributed by atoms with Gasteiger partial charge in [-0.2, -0.15) is 0 Å². The molecule has 0 fully saturated rings. The fourth-order valence-electron chi connectivity index (χ4n) is 1.79. The summed E-state index contributed by atoms with van der Waals surface area (Å²) in [7, 11) is 1.63. The Morgan fingerprint density at radius 2 is 2.11 bits per heavy atom. The van der Waals surface area contributed by atoms with Gasteiger partial charge in [-0.15, -0.1) is 11.3 Å². The molecule has 3 nitrogen and oxygen atoms in total. The molecule has 0 aliphatic carbocycles. The van der Waals surface area contributed by atoms with Crippen LogP contribution in [0.15, 0.2) is 41.8 Å². The second kappa shape index (κ2) is 5.95. The number of rotatable bonds is 4. The molecular formula is C14H15FN2OS. The van der Waals surface area contributed by atoms with E-state index in [0.717, 1.165) is 4.88 Å². The van der Waals surface area contributed by atoms with E-state index >= 15 is 0 Å². The molecule has 0 bridgehead atoms. The number of thiophene rings is 1. The Balaban J connectivity index is 2.06. The lowest BCUT2D eigenvalue weighted by Gasteiger charge is -2.21. The largest absolute Gasteiger partial charge is 0.340 e. The first-order valence-electron chi connectivity index (χ1n) is 5.87. The summed E-state index contributed by atoms with van der Waals surface area (Å²) in [6, 6.07) is 9.40. The normalized spacial score (nSPS) is 12.2. The highest BCUT2D eigenvalue weighted by atomic mass is 32.1. The molecule has 1 atom stereocenters. The van der Waals surface area contributed by atoms with Crippen molar-refractivity contribution < 1.29 is 9.18 Å². The fraction of sp³-hybridized carbons (Fsp3) is 0.214. The molecule has 0 spiro atoms. The fourth-order valence-corrected chi connectivity index (χ4v) is 2.51. The predicted molar refractivity (Wildman–Crippen MR) is 74.1 cm³/mol. The second-order valence-corrected chi connectivity index (χ2v) is 5.26. The molecule has 0 saturated carbocycles.